The molecular formula is C15H28N2O2. The fraction of sp³-hybridized carbons (Fsp3) is 0.933. The first-order chi connectivity index (χ1) is 8.88. The Hall–Kier alpha value is -0.610. The van der Waals surface area contributed by atoms with Gasteiger partial charge in [0, 0.05) is 12.6 Å². The molecule has 1 saturated heterocycles. The van der Waals surface area contributed by atoms with Crippen LogP contribution in [0.2, 0.25) is 0 Å². The highest BCUT2D eigenvalue weighted by atomic mass is 16.3. The predicted octanol–water partition coefficient (Wildman–Crippen LogP) is 1.43. The Morgan fingerprint density at radius 1 is 1.26 bits per heavy atom. The van der Waals surface area contributed by atoms with Crippen molar-refractivity contribution in [3.8, 4) is 0 Å². The van der Waals surface area contributed by atoms with E-state index in [9.17, 15) is 9.90 Å². The number of amides is 1. The first-order valence-electron chi connectivity index (χ1n) is 7.60. The number of hydrogen-bond donors (Lipinski definition) is 3. The molecule has 1 heterocycles. The summed E-state index contributed by atoms with van der Waals surface area (Å²) in [6.45, 7) is 7.32. The number of rotatable bonds is 2. The van der Waals surface area contributed by atoms with Crippen LogP contribution in [0.1, 0.15) is 52.9 Å². The first-order valence-corrected chi connectivity index (χ1v) is 7.60. The molecule has 19 heavy (non-hydrogen) atoms. The lowest BCUT2D eigenvalue weighted by atomic mass is 9.69. The summed E-state index contributed by atoms with van der Waals surface area (Å²) in [6, 6.07) is 0.0818. The van der Waals surface area contributed by atoms with Crippen LogP contribution in [0.15, 0.2) is 0 Å². The van der Waals surface area contributed by atoms with Gasteiger partial charge in [0.2, 0.25) is 5.91 Å². The van der Waals surface area contributed by atoms with E-state index >= 15 is 0 Å². The minimum Gasteiger partial charge on any atom is -0.392 e. The molecular weight excluding hydrogens is 240 g/mol. The SMILES string of the molecule is CC(C)(C)C1CCCCC1NC(=O)C1CC(O)CN1. The maximum absolute atomic E-state index is 12.2. The Labute approximate surface area is 116 Å². The number of aliphatic hydroxyl groups excluding tert-OH is 1. The molecule has 4 unspecified atom stereocenters. The van der Waals surface area contributed by atoms with Crippen molar-refractivity contribution in [1.82, 2.24) is 10.6 Å². The molecule has 0 bridgehead atoms. The number of carbonyl (C=O) groups excluding carboxylic acids is 1. The van der Waals surface area contributed by atoms with E-state index in [0.717, 1.165) is 6.42 Å². The molecule has 110 valence electrons. The number of hydrogen-bond acceptors (Lipinski definition) is 3. The molecule has 0 aromatic heterocycles. The molecule has 1 saturated carbocycles. The van der Waals surface area contributed by atoms with Crippen molar-refractivity contribution in [2.75, 3.05) is 6.54 Å². The summed E-state index contributed by atoms with van der Waals surface area (Å²) in [4.78, 5) is 12.2. The van der Waals surface area contributed by atoms with Gasteiger partial charge >= 0.3 is 0 Å². The molecule has 1 amide bonds. The third-order valence-electron chi connectivity index (χ3n) is 4.63. The van der Waals surface area contributed by atoms with Gasteiger partial charge in [-0.05, 0) is 30.6 Å². The van der Waals surface area contributed by atoms with Gasteiger partial charge in [0.15, 0.2) is 0 Å². The number of nitrogens with one attached hydrogen (secondary N) is 2. The summed E-state index contributed by atoms with van der Waals surface area (Å²) < 4.78 is 0. The lowest BCUT2D eigenvalue weighted by molar-refractivity contribution is -0.124. The van der Waals surface area contributed by atoms with Crippen LogP contribution in [-0.2, 0) is 4.79 Å². The number of carbonyl (C=O) groups is 1. The minimum atomic E-state index is -0.375. The van der Waals surface area contributed by atoms with Gasteiger partial charge in [-0.25, -0.2) is 0 Å². The molecule has 3 N–H and O–H groups in total. The highest BCUT2D eigenvalue weighted by Gasteiger charge is 2.37. The molecule has 0 aromatic rings. The van der Waals surface area contributed by atoms with Gasteiger partial charge in [-0.2, -0.15) is 0 Å². The average molecular weight is 268 g/mol. The molecule has 2 fully saturated rings. The van der Waals surface area contributed by atoms with Crippen LogP contribution < -0.4 is 10.6 Å². The molecule has 0 spiro atoms. The molecule has 0 radical (unpaired) electrons. The highest BCUT2D eigenvalue weighted by molar-refractivity contribution is 5.82. The van der Waals surface area contributed by atoms with Gasteiger partial charge in [-0.1, -0.05) is 33.6 Å². The fourth-order valence-electron chi connectivity index (χ4n) is 3.54. The van der Waals surface area contributed by atoms with Crippen LogP contribution in [0.3, 0.4) is 0 Å². The summed E-state index contributed by atoms with van der Waals surface area (Å²) in [6.07, 6.45) is 4.93. The Balaban J connectivity index is 1.94. The van der Waals surface area contributed by atoms with E-state index in [1.807, 2.05) is 0 Å². The van der Waals surface area contributed by atoms with Gasteiger partial charge < -0.3 is 15.7 Å². The molecule has 1 aliphatic carbocycles. The van der Waals surface area contributed by atoms with Crippen LogP contribution in [0.5, 0.6) is 0 Å². The Kier molecular flexibility index (Phi) is 4.51. The van der Waals surface area contributed by atoms with Crippen LogP contribution >= 0.6 is 0 Å². The van der Waals surface area contributed by atoms with Crippen molar-refractivity contribution in [2.45, 2.75) is 71.1 Å². The van der Waals surface area contributed by atoms with E-state index in [2.05, 4.69) is 31.4 Å². The van der Waals surface area contributed by atoms with Crippen LogP contribution in [0, 0.1) is 11.3 Å². The Morgan fingerprint density at radius 2 is 1.95 bits per heavy atom. The average Bonchev–Trinajstić information content (AvgIpc) is 2.75. The largest absolute Gasteiger partial charge is 0.392 e. The summed E-state index contributed by atoms with van der Waals surface area (Å²) in [5.41, 5.74) is 0.237. The molecule has 1 aliphatic heterocycles. The van der Waals surface area contributed by atoms with Crippen molar-refractivity contribution >= 4 is 5.91 Å². The lowest BCUT2D eigenvalue weighted by Crippen LogP contribution is -2.51. The number of aliphatic hydroxyl groups is 1. The van der Waals surface area contributed by atoms with E-state index in [4.69, 9.17) is 0 Å². The lowest BCUT2D eigenvalue weighted by Gasteiger charge is -2.41. The summed E-state index contributed by atoms with van der Waals surface area (Å²) in [5, 5.41) is 15.8. The monoisotopic (exact) mass is 268 g/mol. The summed E-state index contributed by atoms with van der Waals surface area (Å²) >= 11 is 0. The van der Waals surface area contributed by atoms with Gasteiger partial charge in [-0.3, -0.25) is 4.79 Å². The van der Waals surface area contributed by atoms with E-state index < -0.39 is 0 Å². The van der Waals surface area contributed by atoms with Crippen LogP contribution in [0.4, 0.5) is 0 Å². The maximum atomic E-state index is 12.2. The smallest absolute Gasteiger partial charge is 0.237 e. The Bertz CT molecular complexity index is 325. The number of β-amino-alcohol motifs (C(OH)–C–C–N with tert-alkyl or cyclic N) is 1. The van der Waals surface area contributed by atoms with Crippen molar-refractivity contribution in [3.05, 3.63) is 0 Å². The zero-order valence-corrected chi connectivity index (χ0v) is 12.4. The quantitative estimate of drug-likeness (QED) is 0.710. The normalized spacial score (nSPS) is 36.2. The standard InChI is InChI=1S/C15H28N2O2/c1-15(2,3)11-6-4-5-7-12(11)17-14(19)13-8-10(18)9-16-13/h10-13,16,18H,4-9H2,1-3H3,(H,17,19). The van der Waals surface area contributed by atoms with Gasteiger partial charge in [0.1, 0.15) is 0 Å². The van der Waals surface area contributed by atoms with E-state index in [1.165, 1.54) is 19.3 Å². The van der Waals surface area contributed by atoms with Crippen molar-refractivity contribution < 1.29 is 9.90 Å². The molecule has 2 rings (SSSR count). The van der Waals surface area contributed by atoms with Crippen molar-refractivity contribution in [3.63, 3.8) is 0 Å². The van der Waals surface area contributed by atoms with Gasteiger partial charge in [-0.15, -0.1) is 0 Å². The third-order valence-corrected chi connectivity index (χ3v) is 4.63. The second kappa shape index (κ2) is 5.80. The predicted molar refractivity (Wildman–Crippen MR) is 75.8 cm³/mol. The molecule has 2 aliphatic rings. The maximum Gasteiger partial charge on any atom is 0.237 e. The third kappa shape index (κ3) is 3.69. The summed E-state index contributed by atoms with van der Waals surface area (Å²) in [5.74, 6) is 0.620. The molecule has 4 atom stereocenters. The Morgan fingerprint density at radius 3 is 2.53 bits per heavy atom. The van der Waals surface area contributed by atoms with Crippen LogP contribution in [-0.4, -0.2) is 35.7 Å². The molecule has 4 heteroatoms. The zero-order chi connectivity index (χ0) is 14.0. The van der Waals surface area contributed by atoms with Crippen molar-refractivity contribution in [2.24, 2.45) is 11.3 Å². The summed E-state index contributed by atoms with van der Waals surface area (Å²) in [7, 11) is 0. The highest BCUT2D eigenvalue weighted by Crippen LogP contribution is 2.38. The van der Waals surface area contributed by atoms with Gasteiger partial charge in [0.05, 0.1) is 12.1 Å². The second-order valence-electron chi connectivity index (χ2n) is 7.22. The minimum absolute atomic E-state index is 0.0673. The fourth-order valence-corrected chi connectivity index (χ4v) is 3.54. The van der Waals surface area contributed by atoms with Gasteiger partial charge in [0.25, 0.3) is 0 Å². The van der Waals surface area contributed by atoms with E-state index in [0.29, 0.717) is 24.9 Å². The zero-order valence-electron chi connectivity index (χ0n) is 12.4. The topological polar surface area (TPSA) is 61.4 Å². The van der Waals surface area contributed by atoms with E-state index in [1.54, 1.807) is 0 Å². The molecule has 4 nitrogen and oxygen atoms in total. The van der Waals surface area contributed by atoms with Crippen molar-refractivity contribution in [1.29, 1.82) is 0 Å². The molecule has 0 aromatic carbocycles. The second-order valence-corrected chi connectivity index (χ2v) is 7.22. The van der Waals surface area contributed by atoms with E-state index in [-0.39, 0.29) is 23.5 Å². The van der Waals surface area contributed by atoms with Crippen LogP contribution in [0.25, 0.3) is 0 Å². The first kappa shape index (κ1) is 14.8.